The van der Waals surface area contributed by atoms with E-state index in [4.69, 9.17) is 4.74 Å². The van der Waals surface area contributed by atoms with E-state index >= 15 is 0 Å². The van der Waals surface area contributed by atoms with Crippen LogP contribution in [0.25, 0.3) is 0 Å². The molecule has 4 heterocycles. The minimum Gasteiger partial charge on any atom is -0.496 e. The quantitative estimate of drug-likeness (QED) is 0.676. The number of hydrogen-bond acceptors (Lipinski definition) is 4. The third-order valence-electron chi connectivity index (χ3n) is 9.16. The number of ether oxygens (including phenoxy) is 1. The summed E-state index contributed by atoms with van der Waals surface area (Å²) in [5, 5.41) is 0. The van der Waals surface area contributed by atoms with Crippen LogP contribution in [-0.4, -0.2) is 78.1 Å². The number of rotatable bonds is 6. The summed E-state index contributed by atoms with van der Waals surface area (Å²) in [7, 11) is 1.75. The molecule has 1 amide bonds. The summed E-state index contributed by atoms with van der Waals surface area (Å²) in [5.74, 6) is 2.10. The molecule has 0 radical (unpaired) electrons. The number of hydrogen-bond donors (Lipinski definition) is 0. The van der Waals surface area contributed by atoms with Crippen molar-refractivity contribution in [3.8, 4) is 5.75 Å². The van der Waals surface area contributed by atoms with Crippen molar-refractivity contribution in [1.82, 2.24) is 14.7 Å². The highest BCUT2D eigenvalue weighted by Crippen LogP contribution is 2.40. The minimum atomic E-state index is 0.305. The van der Waals surface area contributed by atoms with Crippen LogP contribution in [-0.2, 0) is 11.2 Å². The van der Waals surface area contributed by atoms with E-state index in [1.165, 1.54) is 55.5 Å². The summed E-state index contributed by atoms with van der Waals surface area (Å²) in [6, 6.07) is 6.53. The fraction of sp³-hybridized carbons (Fsp3) is 0.741. The highest BCUT2D eigenvalue weighted by atomic mass is 16.5. The number of benzene rings is 1. The maximum absolute atomic E-state index is 12.8. The van der Waals surface area contributed by atoms with Gasteiger partial charge in [-0.1, -0.05) is 6.07 Å². The summed E-state index contributed by atoms with van der Waals surface area (Å²) < 4.78 is 5.49. The van der Waals surface area contributed by atoms with Crippen molar-refractivity contribution in [3.63, 3.8) is 0 Å². The van der Waals surface area contributed by atoms with Crippen LogP contribution in [0.5, 0.6) is 5.75 Å². The summed E-state index contributed by atoms with van der Waals surface area (Å²) in [5.41, 5.74) is 4.08. The Labute approximate surface area is 194 Å². The molecule has 0 saturated carbocycles. The molecular weight excluding hydrogens is 398 g/mol. The Hall–Kier alpha value is -1.59. The first-order valence-corrected chi connectivity index (χ1v) is 12.8. The Morgan fingerprint density at radius 1 is 1.03 bits per heavy atom. The van der Waals surface area contributed by atoms with Gasteiger partial charge in [-0.05, 0) is 94.0 Å². The smallest absolute Gasteiger partial charge is 0.219 e. The number of fused-ring (bicyclic) bond motifs is 4. The van der Waals surface area contributed by atoms with Crippen molar-refractivity contribution in [3.05, 3.63) is 28.8 Å². The summed E-state index contributed by atoms with van der Waals surface area (Å²) in [6.07, 6.45) is 8.58. The third kappa shape index (κ3) is 4.07. The third-order valence-corrected chi connectivity index (χ3v) is 9.16. The SMILES string of the molecule is COc1ccc(CCN2C3CCC2CC(N(C(C)=O)C2CC4CCN(C4)C2)C3)c(C)c1C. The number of methoxy groups -OCH3 is 1. The molecule has 5 unspecified atom stereocenters. The van der Waals surface area contributed by atoms with Crippen molar-refractivity contribution >= 4 is 5.91 Å². The van der Waals surface area contributed by atoms with Gasteiger partial charge in [0, 0.05) is 50.7 Å². The second kappa shape index (κ2) is 8.98. The predicted molar refractivity (Wildman–Crippen MR) is 128 cm³/mol. The lowest BCUT2D eigenvalue weighted by atomic mass is 9.90. The normalized spacial score (nSPS) is 34.0. The molecule has 4 bridgehead atoms. The Morgan fingerprint density at radius 2 is 1.78 bits per heavy atom. The van der Waals surface area contributed by atoms with E-state index < -0.39 is 0 Å². The molecule has 4 saturated heterocycles. The molecule has 1 aromatic carbocycles. The molecule has 0 aliphatic carbocycles. The molecule has 4 aliphatic rings. The number of piperidine rings is 2. The monoisotopic (exact) mass is 439 g/mol. The van der Waals surface area contributed by atoms with Crippen LogP contribution in [0.3, 0.4) is 0 Å². The van der Waals surface area contributed by atoms with Gasteiger partial charge in [-0.25, -0.2) is 0 Å². The lowest BCUT2D eigenvalue weighted by molar-refractivity contribution is -0.137. The summed E-state index contributed by atoms with van der Waals surface area (Å²) >= 11 is 0. The maximum atomic E-state index is 12.8. The number of nitrogens with zero attached hydrogens (tertiary/aromatic N) is 3. The van der Waals surface area contributed by atoms with Crippen molar-refractivity contribution in [2.45, 2.75) is 89.9 Å². The van der Waals surface area contributed by atoms with Gasteiger partial charge in [-0.3, -0.25) is 9.69 Å². The highest BCUT2D eigenvalue weighted by Gasteiger charge is 2.45. The van der Waals surface area contributed by atoms with E-state index in [-0.39, 0.29) is 0 Å². The van der Waals surface area contributed by atoms with Crippen molar-refractivity contribution in [2.24, 2.45) is 5.92 Å². The Balaban J connectivity index is 1.24. The standard InChI is InChI=1S/C27H41N3O2/c1-18-19(2)27(32-4)8-5-22(18)10-12-29-23-6-7-24(29)15-25(14-23)30(20(3)31)26-13-21-9-11-28(16-21)17-26/h5,8,21,23-26H,6-7,9-17H2,1-4H3. The zero-order valence-electron chi connectivity index (χ0n) is 20.5. The Morgan fingerprint density at radius 3 is 2.44 bits per heavy atom. The van der Waals surface area contributed by atoms with Crippen LogP contribution in [0, 0.1) is 19.8 Å². The molecule has 5 atom stereocenters. The van der Waals surface area contributed by atoms with Crippen molar-refractivity contribution in [1.29, 1.82) is 0 Å². The van der Waals surface area contributed by atoms with E-state index in [1.54, 1.807) is 7.11 Å². The highest BCUT2D eigenvalue weighted by molar-refractivity contribution is 5.74. The van der Waals surface area contributed by atoms with Gasteiger partial charge in [0.1, 0.15) is 5.75 Å². The Kier molecular flexibility index (Phi) is 6.23. The number of carbonyl (C=O) groups is 1. The first-order valence-electron chi connectivity index (χ1n) is 12.8. The first kappa shape index (κ1) is 22.2. The molecule has 5 rings (SSSR count). The van der Waals surface area contributed by atoms with E-state index in [0.29, 0.717) is 30.1 Å². The minimum absolute atomic E-state index is 0.305. The Bertz CT molecular complexity index is 830. The lowest BCUT2D eigenvalue weighted by Gasteiger charge is -2.47. The largest absolute Gasteiger partial charge is 0.496 e. The molecule has 5 heteroatoms. The molecule has 0 spiro atoms. The van der Waals surface area contributed by atoms with E-state index in [0.717, 1.165) is 44.0 Å². The number of amides is 1. The van der Waals surface area contributed by atoms with Crippen LogP contribution in [0.2, 0.25) is 0 Å². The lowest BCUT2D eigenvalue weighted by Crippen LogP contribution is -2.58. The van der Waals surface area contributed by atoms with Gasteiger partial charge in [0.05, 0.1) is 7.11 Å². The average molecular weight is 440 g/mol. The molecule has 176 valence electrons. The molecule has 4 fully saturated rings. The van der Waals surface area contributed by atoms with Crippen molar-refractivity contribution < 1.29 is 9.53 Å². The van der Waals surface area contributed by atoms with Crippen LogP contribution >= 0.6 is 0 Å². The van der Waals surface area contributed by atoms with Crippen LogP contribution < -0.4 is 4.74 Å². The van der Waals surface area contributed by atoms with E-state index in [9.17, 15) is 4.79 Å². The average Bonchev–Trinajstić information content (AvgIpc) is 3.22. The molecule has 4 aliphatic heterocycles. The number of carbonyl (C=O) groups excluding carboxylic acids is 1. The van der Waals surface area contributed by atoms with Gasteiger partial charge < -0.3 is 14.5 Å². The molecule has 1 aromatic rings. The van der Waals surface area contributed by atoms with E-state index in [2.05, 4.69) is 40.7 Å². The fourth-order valence-corrected chi connectivity index (χ4v) is 7.47. The summed E-state index contributed by atoms with van der Waals surface area (Å²) in [6.45, 7) is 10.9. The second-order valence-electron chi connectivity index (χ2n) is 10.9. The summed E-state index contributed by atoms with van der Waals surface area (Å²) in [4.78, 5) is 20.5. The van der Waals surface area contributed by atoms with Gasteiger partial charge in [0.25, 0.3) is 0 Å². The molecule has 32 heavy (non-hydrogen) atoms. The van der Waals surface area contributed by atoms with Gasteiger partial charge in [0.2, 0.25) is 5.91 Å². The van der Waals surface area contributed by atoms with Crippen LogP contribution in [0.15, 0.2) is 12.1 Å². The fourth-order valence-electron chi connectivity index (χ4n) is 7.47. The topological polar surface area (TPSA) is 36.0 Å². The van der Waals surface area contributed by atoms with Gasteiger partial charge in [-0.2, -0.15) is 0 Å². The van der Waals surface area contributed by atoms with Gasteiger partial charge >= 0.3 is 0 Å². The second-order valence-corrected chi connectivity index (χ2v) is 10.9. The van der Waals surface area contributed by atoms with Gasteiger partial charge in [-0.15, -0.1) is 0 Å². The first-order chi connectivity index (χ1) is 15.4. The maximum Gasteiger partial charge on any atom is 0.219 e. The van der Waals surface area contributed by atoms with Crippen LogP contribution in [0.4, 0.5) is 0 Å². The predicted octanol–water partition coefficient (Wildman–Crippen LogP) is 3.79. The molecule has 0 aromatic heterocycles. The molecule has 5 nitrogen and oxygen atoms in total. The van der Waals surface area contributed by atoms with Crippen LogP contribution in [0.1, 0.15) is 62.1 Å². The molecular formula is C27H41N3O2. The van der Waals surface area contributed by atoms with Crippen molar-refractivity contribution in [2.75, 3.05) is 33.3 Å². The molecule has 0 N–H and O–H groups in total. The van der Waals surface area contributed by atoms with Gasteiger partial charge in [0.15, 0.2) is 0 Å². The zero-order chi connectivity index (χ0) is 22.4. The zero-order valence-corrected chi connectivity index (χ0v) is 20.5. The van der Waals surface area contributed by atoms with E-state index in [1.807, 2.05) is 6.92 Å².